The molecule has 25 heavy (non-hydrogen) atoms. The molecule has 1 heterocycles. The minimum Gasteiger partial charge on any atom is -0.494 e. The van der Waals surface area contributed by atoms with Crippen LogP contribution in [-0.4, -0.2) is 32.1 Å². The average molecular weight is 342 g/mol. The number of carbonyl (C=O) groups is 1. The molecular weight excluding hydrogens is 324 g/mol. The van der Waals surface area contributed by atoms with Crippen LogP contribution in [0.4, 0.5) is 5.69 Å². The van der Waals surface area contributed by atoms with Crippen molar-refractivity contribution in [1.29, 1.82) is 0 Å². The Balaban J connectivity index is 1.44. The topological polar surface area (TPSA) is 78.4 Å². The van der Waals surface area contributed by atoms with Gasteiger partial charge >= 0.3 is 0 Å². The van der Waals surface area contributed by atoms with E-state index in [0.717, 1.165) is 11.3 Å². The van der Waals surface area contributed by atoms with Gasteiger partial charge in [-0.15, -0.1) is 0 Å². The Hall–Kier alpha value is -3.22. The number of nitrogens with zero attached hydrogens (tertiary/aromatic N) is 1. The van der Waals surface area contributed by atoms with Gasteiger partial charge in [-0.1, -0.05) is 5.16 Å². The van der Waals surface area contributed by atoms with Gasteiger partial charge < -0.3 is 24.4 Å². The lowest BCUT2D eigenvalue weighted by Crippen LogP contribution is -2.16. The summed E-state index contributed by atoms with van der Waals surface area (Å²) < 4.78 is 15.8. The van der Waals surface area contributed by atoms with Crippen LogP contribution in [-0.2, 0) is 9.63 Å². The van der Waals surface area contributed by atoms with E-state index in [1.54, 1.807) is 36.4 Å². The summed E-state index contributed by atoms with van der Waals surface area (Å²) in [6.07, 6.45) is 1.51. The molecule has 0 saturated heterocycles. The standard InChI is InChI=1S/C18H18N2O5/c1-2-22-15-6-4-14(5-7-15)20-18(21)11-25-19-10-13-3-8-16-17(9-13)24-12-23-16/h3-10H,2,11-12H2,1H3,(H,20,21)/b19-10-. The van der Waals surface area contributed by atoms with Crippen molar-refractivity contribution in [3.05, 3.63) is 48.0 Å². The lowest BCUT2D eigenvalue weighted by atomic mass is 10.2. The quantitative estimate of drug-likeness (QED) is 0.618. The zero-order valence-electron chi connectivity index (χ0n) is 13.7. The zero-order valence-corrected chi connectivity index (χ0v) is 13.7. The fourth-order valence-electron chi connectivity index (χ4n) is 2.19. The minimum absolute atomic E-state index is 0.186. The van der Waals surface area contributed by atoms with Gasteiger partial charge in [0.25, 0.3) is 5.91 Å². The van der Waals surface area contributed by atoms with Crippen LogP contribution in [0, 0.1) is 0 Å². The highest BCUT2D eigenvalue weighted by atomic mass is 16.7. The van der Waals surface area contributed by atoms with Crippen molar-refractivity contribution in [3.8, 4) is 17.2 Å². The number of fused-ring (bicyclic) bond motifs is 1. The Morgan fingerprint density at radius 3 is 2.80 bits per heavy atom. The Labute approximate surface area is 145 Å². The molecule has 130 valence electrons. The Morgan fingerprint density at radius 2 is 2.00 bits per heavy atom. The van der Waals surface area contributed by atoms with Gasteiger partial charge in [-0.25, -0.2) is 0 Å². The van der Waals surface area contributed by atoms with Gasteiger partial charge in [0.05, 0.1) is 12.8 Å². The van der Waals surface area contributed by atoms with Gasteiger partial charge in [-0.05, 0) is 49.4 Å². The molecule has 0 aromatic heterocycles. The number of benzene rings is 2. The number of hydrogen-bond donors (Lipinski definition) is 1. The van der Waals surface area contributed by atoms with Crippen LogP contribution >= 0.6 is 0 Å². The molecule has 1 N–H and O–H groups in total. The number of amides is 1. The zero-order chi connectivity index (χ0) is 17.5. The van der Waals surface area contributed by atoms with E-state index in [4.69, 9.17) is 19.0 Å². The highest BCUT2D eigenvalue weighted by Gasteiger charge is 2.12. The number of hydrogen-bond acceptors (Lipinski definition) is 6. The third-order valence-corrected chi connectivity index (χ3v) is 3.32. The predicted octanol–water partition coefficient (Wildman–Crippen LogP) is 2.80. The lowest BCUT2D eigenvalue weighted by Gasteiger charge is -2.06. The van der Waals surface area contributed by atoms with Crippen LogP contribution < -0.4 is 19.5 Å². The molecule has 3 rings (SSSR count). The van der Waals surface area contributed by atoms with Gasteiger partial charge in [0.2, 0.25) is 6.79 Å². The largest absolute Gasteiger partial charge is 0.494 e. The number of anilines is 1. The fourth-order valence-corrected chi connectivity index (χ4v) is 2.19. The summed E-state index contributed by atoms with van der Waals surface area (Å²) in [5.74, 6) is 1.82. The van der Waals surface area contributed by atoms with Crippen molar-refractivity contribution in [3.63, 3.8) is 0 Å². The molecule has 2 aromatic carbocycles. The van der Waals surface area contributed by atoms with Gasteiger partial charge in [-0.3, -0.25) is 4.79 Å². The average Bonchev–Trinajstić information content (AvgIpc) is 3.08. The molecular formula is C18H18N2O5. The van der Waals surface area contributed by atoms with Crippen LogP contribution in [0.2, 0.25) is 0 Å². The van der Waals surface area contributed by atoms with E-state index < -0.39 is 0 Å². The minimum atomic E-state index is -0.299. The maximum atomic E-state index is 11.8. The molecule has 1 aliphatic heterocycles. The molecule has 0 fully saturated rings. The van der Waals surface area contributed by atoms with Crippen LogP contribution in [0.3, 0.4) is 0 Å². The highest BCUT2D eigenvalue weighted by molar-refractivity contribution is 5.91. The SMILES string of the molecule is CCOc1ccc(NC(=O)CO/N=C\c2ccc3c(c2)OCO3)cc1. The van der Waals surface area contributed by atoms with Crippen molar-refractivity contribution in [2.45, 2.75) is 6.92 Å². The van der Waals surface area contributed by atoms with Crippen molar-refractivity contribution in [1.82, 2.24) is 0 Å². The van der Waals surface area contributed by atoms with E-state index in [9.17, 15) is 4.79 Å². The third kappa shape index (κ3) is 4.63. The summed E-state index contributed by atoms with van der Waals surface area (Å²) in [6.45, 7) is 2.55. The molecule has 2 aromatic rings. The normalized spacial score (nSPS) is 12.2. The molecule has 0 bridgehead atoms. The van der Waals surface area contributed by atoms with Gasteiger partial charge in [0, 0.05) is 11.3 Å². The monoisotopic (exact) mass is 342 g/mol. The first-order chi connectivity index (χ1) is 12.2. The van der Waals surface area contributed by atoms with Crippen LogP contribution in [0.25, 0.3) is 0 Å². The Morgan fingerprint density at radius 1 is 1.20 bits per heavy atom. The summed E-state index contributed by atoms with van der Waals surface area (Å²) in [7, 11) is 0. The molecule has 0 unspecified atom stereocenters. The molecule has 7 heteroatoms. The van der Waals surface area contributed by atoms with E-state index in [1.807, 2.05) is 13.0 Å². The van der Waals surface area contributed by atoms with Crippen molar-refractivity contribution in [2.24, 2.45) is 5.16 Å². The summed E-state index contributed by atoms with van der Waals surface area (Å²) in [5, 5.41) is 6.50. The number of rotatable bonds is 7. The van der Waals surface area contributed by atoms with Crippen LogP contribution in [0.5, 0.6) is 17.2 Å². The second-order valence-corrected chi connectivity index (χ2v) is 5.13. The van der Waals surface area contributed by atoms with E-state index >= 15 is 0 Å². The summed E-state index contributed by atoms with van der Waals surface area (Å²) >= 11 is 0. The van der Waals surface area contributed by atoms with Crippen LogP contribution in [0.1, 0.15) is 12.5 Å². The molecule has 0 atom stereocenters. The summed E-state index contributed by atoms with van der Waals surface area (Å²) in [4.78, 5) is 16.8. The number of nitrogens with one attached hydrogen (secondary N) is 1. The second kappa shape index (κ2) is 8.05. The van der Waals surface area contributed by atoms with Crippen LogP contribution in [0.15, 0.2) is 47.6 Å². The second-order valence-electron chi connectivity index (χ2n) is 5.13. The van der Waals surface area contributed by atoms with Crippen molar-refractivity contribution < 1.29 is 23.8 Å². The van der Waals surface area contributed by atoms with E-state index in [-0.39, 0.29) is 19.3 Å². The molecule has 0 saturated carbocycles. The van der Waals surface area contributed by atoms with Gasteiger partial charge in [0.1, 0.15) is 5.75 Å². The molecule has 0 spiro atoms. The number of oxime groups is 1. The Kier molecular flexibility index (Phi) is 5.36. The molecule has 1 aliphatic rings. The summed E-state index contributed by atoms with van der Waals surface area (Å²) in [5.41, 5.74) is 1.45. The molecule has 0 aliphatic carbocycles. The van der Waals surface area contributed by atoms with Crippen molar-refractivity contribution >= 4 is 17.8 Å². The van der Waals surface area contributed by atoms with Gasteiger partial charge in [-0.2, -0.15) is 0 Å². The number of ether oxygens (including phenoxy) is 3. The third-order valence-electron chi connectivity index (χ3n) is 3.32. The first-order valence-electron chi connectivity index (χ1n) is 7.82. The molecule has 1 amide bonds. The van der Waals surface area contributed by atoms with E-state index in [1.165, 1.54) is 6.21 Å². The maximum Gasteiger partial charge on any atom is 0.265 e. The van der Waals surface area contributed by atoms with Crippen molar-refractivity contribution in [2.75, 3.05) is 25.3 Å². The Bertz CT molecular complexity index is 759. The van der Waals surface area contributed by atoms with E-state index in [2.05, 4.69) is 10.5 Å². The predicted molar refractivity (Wildman–Crippen MR) is 92.4 cm³/mol. The van der Waals surface area contributed by atoms with Gasteiger partial charge in [0.15, 0.2) is 18.1 Å². The number of carbonyl (C=O) groups excluding carboxylic acids is 1. The lowest BCUT2D eigenvalue weighted by molar-refractivity contribution is -0.120. The van der Waals surface area contributed by atoms with E-state index in [0.29, 0.717) is 23.8 Å². The highest BCUT2D eigenvalue weighted by Crippen LogP contribution is 2.31. The summed E-state index contributed by atoms with van der Waals surface area (Å²) in [6, 6.07) is 12.5. The smallest absolute Gasteiger partial charge is 0.265 e. The maximum absolute atomic E-state index is 11.8. The molecule has 7 nitrogen and oxygen atoms in total. The fraction of sp³-hybridized carbons (Fsp3) is 0.222. The first kappa shape index (κ1) is 16.6. The molecule has 0 radical (unpaired) electrons. The first-order valence-corrected chi connectivity index (χ1v) is 7.82.